The molecule has 35 heavy (non-hydrogen) atoms. The van der Waals surface area contributed by atoms with Crippen molar-refractivity contribution in [3.8, 4) is 11.5 Å². The fraction of sp³-hybridized carbons (Fsp3) is 0.238. The summed E-state index contributed by atoms with van der Waals surface area (Å²) in [5.74, 6) is -0.718. The summed E-state index contributed by atoms with van der Waals surface area (Å²) in [6.45, 7) is 0.239. The van der Waals surface area contributed by atoms with E-state index in [0.717, 1.165) is 16.3 Å². The van der Waals surface area contributed by atoms with Crippen LogP contribution in [0.5, 0.6) is 0 Å². The lowest BCUT2D eigenvalue weighted by Crippen LogP contribution is -2.41. The molecule has 1 aliphatic rings. The second kappa shape index (κ2) is 7.51. The maximum atomic E-state index is 13.6. The third-order valence-corrected chi connectivity index (χ3v) is 5.85. The molecule has 0 saturated carbocycles. The normalized spacial score (nSPS) is 16.1. The van der Waals surface area contributed by atoms with Crippen molar-refractivity contribution < 1.29 is 22.4 Å². The Morgan fingerprint density at radius 3 is 2.91 bits per heavy atom. The first kappa shape index (κ1) is 21.1. The number of carbonyl (C=O) groups excluding carboxylic acids is 1. The molecule has 0 aromatic carbocycles. The molecule has 0 saturated heterocycles. The number of carbonyl (C=O) groups is 1. The summed E-state index contributed by atoms with van der Waals surface area (Å²) in [6.07, 6.45) is 1.99. The summed E-state index contributed by atoms with van der Waals surface area (Å²) in [7, 11) is 1.73. The largest absolute Gasteiger partial charge is 0.418 e. The van der Waals surface area contributed by atoms with Crippen LogP contribution in [-0.2, 0) is 19.6 Å². The molecule has 0 bridgehead atoms. The van der Waals surface area contributed by atoms with Gasteiger partial charge < -0.3 is 14.3 Å². The molecule has 1 unspecified atom stereocenters. The molecule has 1 amide bonds. The van der Waals surface area contributed by atoms with E-state index in [1.165, 1.54) is 35.8 Å². The van der Waals surface area contributed by atoms with Gasteiger partial charge in [0.2, 0.25) is 0 Å². The van der Waals surface area contributed by atoms with Gasteiger partial charge in [-0.15, -0.1) is 10.2 Å². The van der Waals surface area contributed by atoms with E-state index < -0.39 is 23.7 Å². The molecule has 5 aromatic rings. The van der Waals surface area contributed by atoms with E-state index >= 15 is 0 Å². The van der Waals surface area contributed by atoms with Crippen LogP contribution in [0.2, 0.25) is 0 Å². The van der Waals surface area contributed by atoms with Crippen molar-refractivity contribution in [3.63, 3.8) is 0 Å². The van der Waals surface area contributed by atoms with E-state index in [0.29, 0.717) is 17.7 Å². The number of halogens is 3. The van der Waals surface area contributed by atoms with Crippen molar-refractivity contribution in [1.29, 1.82) is 0 Å². The van der Waals surface area contributed by atoms with Crippen molar-refractivity contribution >= 4 is 11.4 Å². The number of nitrogens with one attached hydrogen (secondary N) is 1. The first-order valence-corrected chi connectivity index (χ1v) is 10.5. The number of aromatic amines is 1. The zero-order chi connectivity index (χ0) is 24.3. The van der Waals surface area contributed by atoms with E-state index in [1.807, 2.05) is 0 Å². The molecule has 1 N–H and O–H groups in total. The van der Waals surface area contributed by atoms with Gasteiger partial charge >= 0.3 is 18.0 Å². The van der Waals surface area contributed by atoms with E-state index in [-0.39, 0.29) is 29.5 Å². The van der Waals surface area contributed by atoms with Gasteiger partial charge in [-0.25, -0.2) is 9.50 Å². The van der Waals surface area contributed by atoms with Crippen LogP contribution in [0, 0.1) is 0 Å². The molecule has 5 aromatic heterocycles. The van der Waals surface area contributed by atoms with Crippen LogP contribution in [0.15, 0.2) is 47.5 Å². The highest BCUT2D eigenvalue weighted by molar-refractivity contribution is 5.90. The highest BCUT2D eigenvalue weighted by Gasteiger charge is 2.39. The van der Waals surface area contributed by atoms with Crippen molar-refractivity contribution in [3.05, 3.63) is 71.7 Å². The summed E-state index contributed by atoms with van der Waals surface area (Å²) >= 11 is 0. The summed E-state index contributed by atoms with van der Waals surface area (Å²) in [5, 5.41) is 16.2. The maximum Gasteiger partial charge on any atom is 0.418 e. The van der Waals surface area contributed by atoms with Crippen LogP contribution in [-0.4, -0.2) is 56.9 Å². The monoisotopic (exact) mass is 483 g/mol. The molecule has 0 spiro atoms. The second-order valence-corrected chi connectivity index (χ2v) is 8.05. The van der Waals surface area contributed by atoms with Gasteiger partial charge in [-0.05, 0) is 18.2 Å². The molecule has 6 rings (SSSR count). The lowest BCUT2D eigenvalue weighted by molar-refractivity contribution is -0.136. The van der Waals surface area contributed by atoms with Crippen LogP contribution in [0.25, 0.3) is 17.0 Å². The van der Waals surface area contributed by atoms with Gasteiger partial charge in [0.05, 0.1) is 40.6 Å². The minimum absolute atomic E-state index is 0.123. The Labute approximate surface area is 194 Å². The van der Waals surface area contributed by atoms with Crippen LogP contribution in [0.4, 0.5) is 13.2 Å². The molecule has 11 nitrogen and oxygen atoms in total. The smallest absolute Gasteiger partial charge is 0.412 e. The summed E-state index contributed by atoms with van der Waals surface area (Å²) in [5.41, 5.74) is 1.09. The number of pyridine rings is 1. The highest BCUT2D eigenvalue weighted by atomic mass is 19.4. The number of nitrogens with zero attached hydrogens (tertiary/aromatic N) is 8. The van der Waals surface area contributed by atoms with Crippen LogP contribution >= 0.6 is 0 Å². The topological polar surface area (TPSA) is 123 Å². The molecule has 1 atom stereocenters. The van der Waals surface area contributed by atoms with Gasteiger partial charge in [0.25, 0.3) is 5.89 Å². The standard InChI is InChI=1S/C21H16F3N9O2/c1-31-9-11(8-27-31)18-28-29-19(35-18)20(34)32-6-4-13-16(26-10-25-13)17(32)14-7-15-12(21(22,23)24)3-2-5-33(15)30-14/h2-3,5,7-10,17H,4,6H2,1H3,(H,25,26). The van der Waals surface area contributed by atoms with E-state index in [2.05, 4.69) is 30.4 Å². The fourth-order valence-corrected chi connectivity index (χ4v) is 4.28. The SMILES string of the molecule is Cn1cc(-c2nnc(C(=O)N3CCc4[nH]cnc4C3c3cc4c(C(F)(F)F)cccn4n3)o2)cn1. The third-order valence-electron chi connectivity index (χ3n) is 5.85. The second-order valence-electron chi connectivity index (χ2n) is 8.05. The predicted molar refractivity (Wildman–Crippen MR) is 112 cm³/mol. The molecule has 14 heteroatoms. The number of amides is 1. The fourth-order valence-electron chi connectivity index (χ4n) is 4.28. The minimum Gasteiger partial charge on any atom is -0.412 e. The predicted octanol–water partition coefficient (Wildman–Crippen LogP) is 2.65. The third kappa shape index (κ3) is 3.45. The Bertz CT molecular complexity index is 1560. The van der Waals surface area contributed by atoms with Gasteiger partial charge in [0.1, 0.15) is 6.04 Å². The molecule has 0 fully saturated rings. The number of aryl methyl sites for hydroxylation is 1. The van der Waals surface area contributed by atoms with Crippen molar-refractivity contribution in [2.45, 2.75) is 18.6 Å². The van der Waals surface area contributed by atoms with Crippen LogP contribution in [0.1, 0.15) is 39.4 Å². The maximum absolute atomic E-state index is 13.6. The number of hydrogen-bond donors (Lipinski definition) is 1. The number of aromatic nitrogens is 8. The highest BCUT2D eigenvalue weighted by Crippen LogP contribution is 2.37. The van der Waals surface area contributed by atoms with Gasteiger partial charge in [0.15, 0.2) is 0 Å². The molecule has 1 aliphatic heterocycles. The lowest BCUT2D eigenvalue weighted by atomic mass is 9.99. The number of rotatable bonds is 3. The van der Waals surface area contributed by atoms with Gasteiger partial charge in [0, 0.05) is 38.1 Å². The average molecular weight is 483 g/mol. The van der Waals surface area contributed by atoms with Crippen molar-refractivity contribution in [2.75, 3.05) is 6.54 Å². The molecular formula is C21H16F3N9O2. The Kier molecular flexibility index (Phi) is 4.52. The zero-order valence-corrected chi connectivity index (χ0v) is 18.1. The molecule has 0 aliphatic carbocycles. The van der Waals surface area contributed by atoms with E-state index in [9.17, 15) is 18.0 Å². The van der Waals surface area contributed by atoms with E-state index in [1.54, 1.807) is 17.9 Å². The van der Waals surface area contributed by atoms with Gasteiger partial charge in [-0.3, -0.25) is 9.48 Å². The average Bonchev–Trinajstić information content (AvgIpc) is 3.62. The van der Waals surface area contributed by atoms with E-state index in [4.69, 9.17) is 4.42 Å². The van der Waals surface area contributed by atoms with Gasteiger partial charge in [-0.1, -0.05) is 0 Å². The lowest BCUT2D eigenvalue weighted by Gasteiger charge is -2.32. The summed E-state index contributed by atoms with van der Waals surface area (Å²) in [6, 6.07) is 2.73. The Hall–Kier alpha value is -4.49. The Morgan fingerprint density at radius 2 is 2.14 bits per heavy atom. The minimum atomic E-state index is -4.56. The number of hydrogen-bond acceptors (Lipinski definition) is 7. The number of H-pyrrole nitrogens is 1. The van der Waals surface area contributed by atoms with Crippen molar-refractivity contribution in [2.24, 2.45) is 7.05 Å². The number of fused-ring (bicyclic) bond motifs is 2. The Balaban J connectivity index is 1.42. The van der Waals surface area contributed by atoms with Gasteiger partial charge in [-0.2, -0.15) is 23.4 Å². The summed E-state index contributed by atoms with van der Waals surface area (Å²) in [4.78, 5) is 22.3. The quantitative estimate of drug-likeness (QED) is 0.419. The van der Waals surface area contributed by atoms with Crippen LogP contribution < -0.4 is 0 Å². The van der Waals surface area contributed by atoms with Crippen molar-refractivity contribution in [1.82, 2.24) is 44.5 Å². The molecule has 178 valence electrons. The molecule has 6 heterocycles. The van der Waals surface area contributed by atoms with Crippen LogP contribution in [0.3, 0.4) is 0 Å². The zero-order valence-electron chi connectivity index (χ0n) is 18.1. The first-order chi connectivity index (χ1) is 16.8. The molecule has 0 radical (unpaired) electrons. The Morgan fingerprint density at radius 1 is 1.29 bits per heavy atom. The number of alkyl halides is 3. The molecular weight excluding hydrogens is 467 g/mol. The summed E-state index contributed by atoms with van der Waals surface area (Å²) < 4.78 is 49.0. The first-order valence-electron chi connectivity index (χ1n) is 10.5. The number of imidazole rings is 1.